The fourth-order valence-electron chi connectivity index (χ4n) is 1.49. The molecule has 1 fully saturated rings. The average Bonchev–Trinajstić information content (AvgIpc) is 2.29. The summed E-state index contributed by atoms with van der Waals surface area (Å²) in [7, 11) is 0. The summed E-state index contributed by atoms with van der Waals surface area (Å²) < 4.78 is 10.0. The minimum absolute atomic E-state index is 0.401. The molecule has 0 aromatic rings. The molecule has 1 heterocycles. The molecule has 0 atom stereocenters. The van der Waals surface area contributed by atoms with E-state index in [2.05, 4.69) is 0 Å². The van der Waals surface area contributed by atoms with Crippen LogP contribution in [0, 0.1) is 5.92 Å². The number of hydrogen-bond donors (Lipinski definition) is 0. The molecule has 86 valence electrons. The van der Waals surface area contributed by atoms with E-state index in [-0.39, 0.29) is 0 Å². The Kier molecular flexibility index (Phi) is 5.15. The van der Waals surface area contributed by atoms with Gasteiger partial charge in [0.2, 0.25) is 0 Å². The second-order valence-corrected chi connectivity index (χ2v) is 3.74. The lowest BCUT2D eigenvalue weighted by atomic mass is 10.0. The van der Waals surface area contributed by atoms with Gasteiger partial charge >= 0.3 is 11.9 Å². The van der Waals surface area contributed by atoms with Crippen LogP contribution in [0.25, 0.3) is 0 Å². The fourth-order valence-corrected chi connectivity index (χ4v) is 1.49. The Bertz CT molecular complexity index is 205. The Morgan fingerprint density at radius 3 is 2.13 bits per heavy atom. The van der Waals surface area contributed by atoms with Gasteiger partial charge in [-0.1, -0.05) is 19.8 Å². The van der Waals surface area contributed by atoms with Gasteiger partial charge in [-0.15, -0.1) is 0 Å². The summed E-state index contributed by atoms with van der Waals surface area (Å²) in [4.78, 5) is 23.0. The molecular formula is C11H18O4. The molecule has 1 rings (SSSR count). The van der Waals surface area contributed by atoms with Gasteiger partial charge in [-0.3, -0.25) is 9.59 Å². The Labute approximate surface area is 89.9 Å². The van der Waals surface area contributed by atoms with Gasteiger partial charge in [-0.2, -0.15) is 0 Å². The Hall–Kier alpha value is -1.06. The summed E-state index contributed by atoms with van der Waals surface area (Å²) in [6.07, 6.45) is 3.86. The second kappa shape index (κ2) is 6.43. The van der Waals surface area contributed by atoms with Crippen LogP contribution in [0.2, 0.25) is 0 Å². The number of ether oxygens (including phenoxy) is 2. The van der Waals surface area contributed by atoms with Crippen molar-refractivity contribution in [1.29, 1.82) is 0 Å². The van der Waals surface area contributed by atoms with Gasteiger partial charge in [0, 0.05) is 0 Å². The van der Waals surface area contributed by atoms with Crippen LogP contribution in [0.15, 0.2) is 0 Å². The average molecular weight is 214 g/mol. The Balaban J connectivity index is 2.56. The molecule has 0 spiro atoms. The van der Waals surface area contributed by atoms with E-state index >= 15 is 0 Å². The predicted molar refractivity (Wildman–Crippen MR) is 54.2 cm³/mol. The highest BCUT2D eigenvalue weighted by Gasteiger charge is 2.29. The number of carbonyl (C=O) groups excluding carboxylic acids is 2. The zero-order chi connectivity index (χ0) is 11.1. The highest BCUT2D eigenvalue weighted by Crippen LogP contribution is 2.15. The number of hydrogen-bond acceptors (Lipinski definition) is 4. The SMILES string of the molecule is CCCCC1C(=O)OCCCCOC1=O. The van der Waals surface area contributed by atoms with Gasteiger partial charge in [0.25, 0.3) is 0 Å². The zero-order valence-electron chi connectivity index (χ0n) is 9.16. The van der Waals surface area contributed by atoms with Crippen LogP contribution >= 0.6 is 0 Å². The van der Waals surface area contributed by atoms with Crippen molar-refractivity contribution in [3.63, 3.8) is 0 Å². The van der Waals surface area contributed by atoms with Crippen LogP contribution in [-0.2, 0) is 19.1 Å². The van der Waals surface area contributed by atoms with Crippen LogP contribution in [-0.4, -0.2) is 25.2 Å². The molecule has 4 nitrogen and oxygen atoms in total. The smallest absolute Gasteiger partial charge is 0.320 e. The highest BCUT2D eigenvalue weighted by molar-refractivity contribution is 5.94. The molecule has 1 aliphatic heterocycles. The molecule has 1 aliphatic rings. The molecule has 15 heavy (non-hydrogen) atoms. The minimum Gasteiger partial charge on any atom is -0.465 e. The van der Waals surface area contributed by atoms with E-state index in [9.17, 15) is 9.59 Å². The van der Waals surface area contributed by atoms with Crippen LogP contribution in [0.3, 0.4) is 0 Å². The molecule has 0 aromatic carbocycles. The fraction of sp³-hybridized carbons (Fsp3) is 0.818. The maximum atomic E-state index is 11.5. The standard InChI is InChI=1S/C11H18O4/c1-2-3-6-9-10(12)14-7-4-5-8-15-11(9)13/h9H,2-8H2,1H3. The summed E-state index contributed by atoms with van der Waals surface area (Å²) in [5.74, 6) is -1.55. The largest absolute Gasteiger partial charge is 0.465 e. The number of cyclic esters (lactones) is 2. The van der Waals surface area contributed by atoms with Crippen molar-refractivity contribution >= 4 is 11.9 Å². The maximum Gasteiger partial charge on any atom is 0.320 e. The summed E-state index contributed by atoms with van der Waals surface area (Å²) >= 11 is 0. The monoisotopic (exact) mass is 214 g/mol. The molecule has 0 N–H and O–H groups in total. The van der Waals surface area contributed by atoms with Gasteiger partial charge in [0.05, 0.1) is 13.2 Å². The zero-order valence-corrected chi connectivity index (χ0v) is 9.16. The van der Waals surface area contributed by atoms with Crippen molar-refractivity contribution in [1.82, 2.24) is 0 Å². The number of unbranched alkanes of at least 4 members (excludes halogenated alkanes) is 1. The molecular weight excluding hydrogens is 196 g/mol. The topological polar surface area (TPSA) is 52.6 Å². The number of carbonyl (C=O) groups is 2. The summed E-state index contributed by atoms with van der Waals surface area (Å²) in [6, 6.07) is 0. The lowest BCUT2D eigenvalue weighted by molar-refractivity contribution is -0.161. The Morgan fingerprint density at radius 1 is 1.13 bits per heavy atom. The van der Waals surface area contributed by atoms with Crippen molar-refractivity contribution in [2.75, 3.05) is 13.2 Å². The van der Waals surface area contributed by atoms with E-state index in [4.69, 9.17) is 9.47 Å². The normalized spacial score (nSPS) is 19.8. The lowest BCUT2D eigenvalue weighted by Crippen LogP contribution is -2.27. The molecule has 0 aliphatic carbocycles. The van der Waals surface area contributed by atoms with E-state index in [1.807, 2.05) is 6.92 Å². The molecule has 0 saturated carbocycles. The van der Waals surface area contributed by atoms with Gasteiger partial charge in [-0.25, -0.2) is 0 Å². The third-order valence-corrected chi connectivity index (χ3v) is 2.44. The maximum absolute atomic E-state index is 11.5. The van der Waals surface area contributed by atoms with Gasteiger partial charge < -0.3 is 9.47 Å². The first-order valence-corrected chi connectivity index (χ1v) is 5.59. The second-order valence-electron chi connectivity index (χ2n) is 3.74. The molecule has 0 bridgehead atoms. The van der Waals surface area contributed by atoms with E-state index in [0.29, 0.717) is 19.6 Å². The summed E-state index contributed by atoms with van der Waals surface area (Å²) in [5, 5.41) is 0. The molecule has 1 saturated heterocycles. The molecule has 0 unspecified atom stereocenters. The van der Waals surface area contributed by atoms with Crippen LogP contribution in [0.4, 0.5) is 0 Å². The van der Waals surface area contributed by atoms with E-state index in [1.54, 1.807) is 0 Å². The van der Waals surface area contributed by atoms with Gasteiger partial charge in [-0.05, 0) is 19.3 Å². The summed E-state index contributed by atoms with van der Waals surface area (Å²) in [5.41, 5.74) is 0. The van der Waals surface area contributed by atoms with Gasteiger partial charge in [0.15, 0.2) is 5.92 Å². The van der Waals surface area contributed by atoms with Crippen molar-refractivity contribution in [2.24, 2.45) is 5.92 Å². The third kappa shape index (κ3) is 3.90. The summed E-state index contributed by atoms with van der Waals surface area (Å²) in [6.45, 7) is 2.82. The number of rotatable bonds is 3. The quantitative estimate of drug-likeness (QED) is 0.529. The predicted octanol–water partition coefficient (Wildman–Crippen LogP) is 1.67. The first-order valence-electron chi connectivity index (χ1n) is 5.59. The van der Waals surface area contributed by atoms with Crippen LogP contribution < -0.4 is 0 Å². The Morgan fingerprint density at radius 2 is 1.67 bits per heavy atom. The van der Waals surface area contributed by atoms with Crippen molar-refractivity contribution in [3.8, 4) is 0 Å². The van der Waals surface area contributed by atoms with Crippen LogP contribution in [0.5, 0.6) is 0 Å². The number of esters is 2. The van der Waals surface area contributed by atoms with Crippen molar-refractivity contribution in [2.45, 2.75) is 39.0 Å². The van der Waals surface area contributed by atoms with E-state index in [0.717, 1.165) is 25.7 Å². The minimum atomic E-state index is -0.706. The lowest BCUT2D eigenvalue weighted by Gasteiger charge is -2.12. The highest BCUT2D eigenvalue weighted by atomic mass is 16.6. The van der Waals surface area contributed by atoms with Crippen molar-refractivity contribution in [3.05, 3.63) is 0 Å². The van der Waals surface area contributed by atoms with Gasteiger partial charge in [0.1, 0.15) is 0 Å². The van der Waals surface area contributed by atoms with Crippen molar-refractivity contribution < 1.29 is 19.1 Å². The first kappa shape index (κ1) is 12.0. The molecule has 0 radical (unpaired) electrons. The molecule has 0 aromatic heterocycles. The van der Waals surface area contributed by atoms with E-state index in [1.165, 1.54) is 0 Å². The van der Waals surface area contributed by atoms with Crippen LogP contribution in [0.1, 0.15) is 39.0 Å². The molecule has 0 amide bonds. The first-order chi connectivity index (χ1) is 7.25. The molecule has 4 heteroatoms. The third-order valence-electron chi connectivity index (χ3n) is 2.44. The van der Waals surface area contributed by atoms with E-state index < -0.39 is 17.9 Å².